The molecule has 3 aromatic rings. The van der Waals surface area contributed by atoms with Crippen LogP contribution in [0.5, 0.6) is 11.6 Å². The van der Waals surface area contributed by atoms with E-state index in [0.29, 0.717) is 11.4 Å². The van der Waals surface area contributed by atoms with Crippen LogP contribution >= 0.6 is 15.9 Å². The van der Waals surface area contributed by atoms with E-state index in [0.717, 1.165) is 16.1 Å². The Hall–Kier alpha value is -3.49. The first-order valence-electron chi connectivity index (χ1n) is 10.3. The van der Waals surface area contributed by atoms with E-state index < -0.39 is 27.3 Å². The number of carbonyl (C=O) groups is 1. The van der Waals surface area contributed by atoms with E-state index in [4.69, 9.17) is 4.74 Å². The van der Waals surface area contributed by atoms with Crippen LogP contribution in [0.4, 0.5) is 0 Å². The van der Waals surface area contributed by atoms with Crippen molar-refractivity contribution in [3.8, 4) is 17.7 Å². The second-order valence-electron chi connectivity index (χ2n) is 7.82. The Morgan fingerprint density at radius 2 is 2.06 bits per heavy atom. The number of nitrogens with one attached hydrogen (secondary N) is 1. The molecule has 2 aromatic heterocycles. The van der Waals surface area contributed by atoms with E-state index >= 15 is 0 Å². The maximum atomic E-state index is 13.3. The second-order valence-corrected chi connectivity index (χ2v) is 11.0. The Morgan fingerprint density at radius 1 is 1.32 bits per heavy atom. The van der Waals surface area contributed by atoms with Crippen LogP contribution in [0.15, 0.2) is 57.4 Å². The zero-order chi connectivity index (χ0) is 24.5. The number of aromatic nitrogens is 2. The normalized spacial score (nSPS) is 17.3. The number of benzene rings is 1. The Balaban J connectivity index is 1.78. The standard InChI is InChI=1S/C23H19BrN4O5S/c1-14-3-2-9-28-20(14)27-22(33-18-6-4-16(24)5-7-18)19(23(28)30)11-15(12-25)21(29)26-17-8-10-34(31,32)13-17/h2-7,9,11,17H,8,10,13H2,1H3,(H,26,29)/b15-11+/t17-/m0/s1. The minimum Gasteiger partial charge on any atom is -0.438 e. The van der Waals surface area contributed by atoms with Gasteiger partial charge in [0, 0.05) is 16.7 Å². The first-order chi connectivity index (χ1) is 16.2. The van der Waals surface area contributed by atoms with Crippen LogP contribution in [0.2, 0.25) is 0 Å². The number of nitriles is 1. The number of rotatable bonds is 5. The molecule has 34 heavy (non-hydrogen) atoms. The number of hydrogen-bond acceptors (Lipinski definition) is 7. The largest absolute Gasteiger partial charge is 0.438 e. The maximum absolute atomic E-state index is 13.3. The molecule has 1 N–H and O–H groups in total. The summed E-state index contributed by atoms with van der Waals surface area (Å²) in [6, 6.07) is 11.6. The van der Waals surface area contributed by atoms with Gasteiger partial charge in [-0.25, -0.2) is 8.42 Å². The van der Waals surface area contributed by atoms with Crippen LogP contribution < -0.4 is 15.6 Å². The fraction of sp³-hybridized carbons (Fsp3) is 0.217. The Kier molecular flexibility index (Phi) is 6.54. The summed E-state index contributed by atoms with van der Waals surface area (Å²) in [5, 5.41) is 12.2. The van der Waals surface area contributed by atoms with Gasteiger partial charge in [-0.3, -0.25) is 14.0 Å². The monoisotopic (exact) mass is 542 g/mol. The van der Waals surface area contributed by atoms with Crippen molar-refractivity contribution in [2.75, 3.05) is 11.5 Å². The number of halogens is 1. The van der Waals surface area contributed by atoms with E-state index in [-0.39, 0.29) is 34.9 Å². The van der Waals surface area contributed by atoms with Crippen molar-refractivity contribution in [3.05, 3.63) is 74.1 Å². The van der Waals surface area contributed by atoms with Gasteiger partial charge in [0.2, 0.25) is 5.88 Å². The molecule has 9 nitrogen and oxygen atoms in total. The van der Waals surface area contributed by atoms with Gasteiger partial charge in [-0.2, -0.15) is 10.2 Å². The minimum absolute atomic E-state index is 0.0238. The van der Waals surface area contributed by atoms with Gasteiger partial charge in [0.25, 0.3) is 11.5 Å². The van der Waals surface area contributed by atoms with Gasteiger partial charge in [0.15, 0.2) is 9.84 Å². The number of pyridine rings is 1. The molecule has 0 spiro atoms. The molecule has 174 valence electrons. The molecule has 0 saturated carbocycles. The summed E-state index contributed by atoms with van der Waals surface area (Å²) in [6.45, 7) is 1.80. The lowest BCUT2D eigenvalue weighted by Crippen LogP contribution is -2.36. The highest BCUT2D eigenvalue weighted by atomic mass is 79.9. The average Bonchev–Trinajstić information content (AvgIpc) is 3.14. The average molecular weight is 543 g/mol. The second kappa shape index (κ2) is 9.40. The van der Waals surface area contributed by atoms with E-state index in [1.807, 2.05) is 0 Å². The minimum atomic E-state index is -3.22. The highest BCUT2D eigenvalue weighted by molar-refractivity contribution is 9.10. The molecule has 0 radical (unpaired) electrons. The van der Waals surface area contributed by atoms with Crippen LogP contribution in [-0.2, 0) is 14.6 Å². The van der Waals surface area contributed by atoms with Crippen LogP contribution in [0, 0.1) is 18.3 Å². The highest BCUT2D eigenvalue weighted by Crippen LogP contribution is 2.26. The van der Waals surface area contributed by atoms with Gasteiger partial charge in [-0.1, -0.05) is 22.0 Å². The Bertz CT molecular complexity index is 1520. The van der Waals surface area contributed by atoms with Crippen molar-refractivity contribution in [3.63, 3.8) is 0 Å². The van der Waals surface area contributed by atoms with Crippen molar-refractivity contribution >= 4 is 43.4 Å². The molecule has 0 unspecified atom stereocenters. The molecule has 1 amide bonds. The fourth-order valence-corrected chi connectivity index (χ4v) is 5.51. The first-order valence-corrected chi connectivity index (χ1v) is 12.9. The summed E-state index contributed by atoms with van der Waals surface area (Å²) in [5.41, 5.74) is 0.130. The molecule has 1 aliphatic heterocycles. The quantitative estimate of drug-likeness (QED) is 0.387. The molecule has 0 bridgehead atoms. The lowest BCUT2D eigenvalue weighted by Gasteiger charge is -2.12. The van der Waals surface area contributed by atoms with E-state index in [2.05, 4.69) is 26.2 Å². The number of fused-ring (bicyclic) bond motifs is 1. The smallest absolute Gasteiger partial charge is 0.269 e. The van der Waals surface area contributed by atoms with Gasteiger partial charge in [0.1, 0.15) is 28.6 Å². The molecule has 1 fully saturated rings. The van der Waals surface area contributed by atoms with Crippen LogP contribution in [0.25, 0.3) is 11.7 Å². The number of hydrogen-bond donors (Lipinski definition) is 1. The molecule has 1 aromatic carbocycles. The Morgan fingerprint density at radius 3 is 2.71 bits per heavy atom. The van der Waals surface area contributed by atoms with Crippen molar-refractivity contribution in [2.45, 2.75) is 19.4 Å². The topological polar surface area (TPSA) is 131 Å². The molecular weight excluding hydrogens is 524 g/mol. The summed E-state index contributed by atoms with van der Waals surface area (Å²) < 4.78 is 31.4. The molecule has 0 aliphatic carbocycles. The van der Waals surface area contributed by atoms with Crippen molar-refractivity contribution in [2.24, 2.45) is 0 Å². The van der Waals surface area contributed by atoms with Gasteiger partial charge < -0.3 is 10.1 Å². The third kappa shape index (κ3) is 5.03. The lowest BCUT2D eigenvalue weighted by atomic mass is 10.1. The van der Waals surface area contributed by atoms with E-state index in [1.165, 1.54) is 10.6 Å². The van der Waals surface area contributed by atoms with Crippen LogP contribution in [-0.4, -0.2) is 41.3 Å². The molecule has 3 heterocycles. The number of nitrogens with zero attached hydrogens (tertiary/aromatic N) is 3. The molecular formula is C23H19BrN4O5S. The molecule has 11 heteroatoms. The summed E-state index contributed by atoms with van der Waals surface area (Å²) in [4.78, 5) is 30.5. The van der Waals surface area contributed by atoms with Gasteiger partial charge in [0.05, 0.1) is 11.5 Å². The zero-order valence-electron chi connectivity index (χ0n) is 18.0. The van der Waals surface area contributed by atoms with Crippen LogP contribution in [0.3, 0.4) is 0 Å². The molecule has 1 aliphatic rings. The number of aryl methyl sites for hydroxylation is 1. The summed E-state index contributed by atoms with van der Waals surface area (Å²) in [6.07, 6.45) is 2.93. The van der Waals surface area contributed by atoms with Crippen LogP contribution in [0.1, 0.15) is 17.5 Å². The van der Waals surface area contributed by atoms with E-state index in [9.17, 15) is 23.3 Å². The zero-order valence-corrected chi connectivity index (χ0v) is 20.4. The number of amides is 1. The predicted octanol–water partition coefficient (Wildman–Crippen LogP) is 2.77. The SMILES string of the molecule is Cc1cccn2c(=O)c(/C=C(\C#N)C(=O)N[C@H]3CCS(=O)(=O)C3)c(Oc3ccc(Br)cc3)nc12. The van der Waals surface area contributed by atoms with Crippen molar-refractivity contribution in [1.82, 2.24) is 14.7 Å². The summed E-state index contributed by atoms with van der Waals surface area (Å²) >= 11 is 3.35. The van der Waals surface area contributed by atoms with Gasteiger partial charge >= 0.3 is 0 Å². The highest BCUT2D eigenvalue weighted by Gasteiger charge is 2.30. The van der Waals surface area contributed by atoms with Gasteiger partial charge in [-0.05, 0) is 55.3 Å². The Labute approximate surface area is 203 Å². The number of sulfone groups is 1. The predicted molar refractivity (Wildman–Crippen MR) is 129 cm³/mol. The third-order valence-electron chi connectivity index (χ3n) is 5.30. The lowest BCUT2D eigenvalue weighted by molar-refractivity contribution is -0.117. The van der Waals surface area contributed by atoms with E-state index in [1.54, 1.807) is 49.4 Å². The van der Waals surface area contributed by atoms with Crippen molar-refractivity contribution < 1.29 is 17.9 Å². The number of ether oxygens (including phenoxy) is 1. The van der Waals surface area contributed by atoms with Gasteiger partial charge in [-0.15, -0.1) is 0 Å². The maximum Gasteiger partial charge on any atom is 0.269 e. The third-order valence-corrected chi connectivity index (χ3v) is 7.60. The molecule has 4 rings (SSSR count). The van der Waals surface area contributed by atoms with Crippen molar-refractivity contribution in [1.29, 1.82) is 5.26 Å². The summed E-state index contributed by atoms with van der Waals surface area (Å²) in [7, 11) is -3.22. The summed E-state index contributed by atoms with van der Waals surface area (Å²) in [5.74, 6) is -0.640. The molecule has 1 atom stereocenters. The first kappa shape index (κ1) is 23.7. The molecule has 1 saturated heterocycles. The fourth-order valence-electron chi connectivity index (χ4n) is 3.57. The number of carbonyl (C=O) groups excluding carboxylic acids is 1.